The third kappa shape index (κ3) is 3.59. The largest absolute Gasteiger partial charge is 0.467 e. The second-order valence-electron chi connectivity index (χ2n) is 6.06. The molecule has 1 heterocycles. The minimum Gasteiger partial charge on any atom is -0.467 e. The van der Waals surface area contributed by atoms with Crippen LogP contribution in [0.3, 0.4) is 0 Å². The molecule has 2 aromatic rings. The Kier molecular flexibility index (Phi) is 4.91. The lowest BCUT2D eigenvalue weighted by Gasteiger charge is -2.25. The van der Waals surface area contributed by atoms with Gasteiger partial charge in [0.1, 0.15) is 5.54 Å². The molecule has 0 unspecified atom stereocenters. The predicted octanol–water partition coefficient (Wildman–Crippen LogP) is 3.40. The van der Waals surface area contributed by atoms with Gasteiger partial charge in [-0.3, -0.25) is 4.79 Å². The summed E-state index contributed by atoms with van der Waals surface area (Å²) in [4.78, 5) is 24.9. The highest BCUT2D eigenvalue weighted by molar-refractivity contribution is 6.32. The molecule has 1 saturated heterocycles. The summed E-state index contributed by atoms with van der Waals surface area (Å²) in [6, 6.07) is 16.8. The minimum absolute atomic E-state index is 0.249. The zero-order valence-electron chi connectivity index (χ0n) is 13.8. The first-order valence-electron chi connectivity index (χ1n) is 7.94. The maximum absolute atomic E-state index is 12.5. The van der Waals surface area contributed by atoms with E-state index >= 15 is 0 Å². The van der Waals surface area contributed by atoms with Gasteiger partial charge in [-0.15, -0.1) is 0 Å². The number of amides is 1. The van der Waals surface area contributed by atoms with E-state index in [-0.39, 0.29) is 12.3 Å². The molecule has 0 radical (unpaired) electrons. The highest BCUT2D eigenvalue weighted by atomic mass is 35.5. The Labute approximate surface area is 151 Å². The van der Waals surface area contributed by atoms with E-state index in [0.29, 0.717) is 17.0 Å². The van der Waals surface area contributed by atoms with Crippen molar-refractivity contribution in [3.05, 3.63) is 76.3 Å². The van der Waals surface area contributed by atoms with Crippen LogP contribution in [0.15, 0.2) is 60.2 Å². The fourth-order valence-corrected chi connectivity index (χ4v) is 3.28. The number of ether oxygens (including phenoxy) is 1. The standard InChI is InChI=1S/C20H18ClNO3/c1-25-19(24)20(12-14-7-3-2-4-8-14)13-16(18(23)22-20)11-15-9-5-6-10-17(15)21/h2-11H,12-13H2,1H3,(H,22,23)/b16-11+/t20-/m0/s1. The van der Waals surface area contributed by atoms with Crippen molar-refractivity contribution in [2.45, 2.75) is 18.4 Å². The smallest absolute Gasteiger partial charge is 0.332 e. The van der Waals surface area contributed by atoms with E-state index in [0.717, 1.165) is 11.1 Å². The van der Waals surface area contributed by atoms with Crippen molar-refractivity contribution in [3.8, 4) is 0 Å². The van der Waals surface area contributed by atoms with Gasteiger partial charge in [0.05, 0.1) is 7.11 Å². The Morgan fingerprint density at radius 1 is 1.20 bits per heavy atom. The lowest BCUT2D eigenvalue weighted by atomic mass is 9.88. The van der Waals surface area contributed by atoms with Crippen LogP contribution in [0.2, 0.25) is 5.02 Å². The molecule has 5 heteroatoms. The van der Waals surface area contributed by atoms with Crippen molar-refractivity contribution in [2.24, 2.45) is 0 Å². The zero-order chi connectivity index (χ0) is 17.9. The second kappa shape index (κ2) is 7.11. The molecule has 1 aliphatic rings. The van der Waals surface area contributed by atoms with Crippen molar-refractivity contribution >= 4 is 29.6 Å². The van der Waals surface area contributed by atoms with E-state index in [1.165, 1.54) is 7.11 Å². The van der Waals surface area contributed by atoms with Crippen molar-refractivity contribution in [2.75, 3.05) is 7.11 Å². The first-order chi connectivity index (χ1) is 12.0. The van der Waals surface area contributed by atoms with Crippen LogP contribution in [0.4, 0.5) is 0 Å². The van der Waals surface area contributed by atoms with Crippen molar-refractivity contribution < 1.29 is 14.3 Å². The van der Waals surface area contributed by atoms with Gasteiger partial charge in [0.2, 0.25) is 5.91 Å². The molecule has 0 spiro atoms. The molecule has 25 heavy (non-hydrogen) atoms. The third-order valence-electron chi connectivity index (χ3n) is 4.30. The van der Waals surface area contributed by atoms with Crippen LogP contribution < -0.4 is 5.32 Å². The third-order valence-corrected chi connectivity index (χ3v) is 4.64. The van der Waals surface area contributed by atoms with Gasteiger partial charge < -0.3 is 10.1 Å². The van der Waals surface area contributed by atoms with Crippen molar-refractivity contribution in [3.63, 3.8) is 0 Å². The van der Waals surface area contributed by atoms with Crippen LogP contribution in [0.5, 0.6) is 0 Å². The quantitative estimate of drug-likeness (QED) is 0.675. The molecule has 2 aromatic carbocycles. The minimum atomic E-state index is -1.10. The SMILES string of the molecule is COC(=O)[C@]1(Cc2ccccc2)C/C(=C\c2ccccc2Cl)C(=O)N1. The van der Waals surface area contributed by atoms with Crippen molar-refractivity contribution in [1.29, 1.82) is 0 Å². The summed E-state index contributed by atoms with van der Waals surface area (Å²) >= 11 is 6.17. The number of rotatable bonds is 4. The van der Waals surface area contributed by atoms with Crippen LogP contribution in [-0.2, 0) is 20.7 Å². The topological polar surface area (TPSA) is 55.4 Å². The van der Waals surface area contributed by atoms with E-state index in [1.807, 2.05) is 48.5 Å². The molecule has 3 rings (SSSR count). The van der Waals surface area contributed by atoms with Crippen LogP contribution in [0.25, 0.3) is 6.08 Å². The molecule has 1 N–H and O–H groups in total. The molecular formula is C20H18ClNO3. The Bertz CT molecular complexity index is 832. The number of carbonyl (C=O) groups excluding carboxylic acids is 2. The van der Waals surface area contributed by atoms with Gasteiger partial charge in [-0.2, -0.15) is 0 Å². The molecule has 0 aromatic heterocycles. The monoisotopic (exact) mass is 355 g/mol. The van der Waals surface area contributed by atoms with Gasteiger partial charge in [-0.25, -0.2) is 4.79 Å². The highest BCUT2D eigenvalue weighted by Gasteiger charge is 2.48. The first-order valence-corrected chi connectivity index (χ1v) is 8.32. The molecule has 1 fully saturated rings. The zero-order valence-corrected chi connectivity index (χ0v) is 14.5. The fraction of sp³-hybridized carbons (Fsp3) is 0.200. The average Bonchev–Trinajstić information content (AvgIpc) is 2.93. The number of esters is 1. The lowest BCUT2D eigenvalue weighted by Crippen LogP contribution is -2.51. The van der Waals surface area contributed by atoms with Gasteiger partial charge in [-0.1, -0.05) is 60.1 Å². The number of benzene rings is 2. The average molecular weight is 356 g/mol. The van der Waals surface area contributed by atoms with Gasteiger partial charge in [0.15, 0.2) is 0 Å². The van der Waals surface area contributed by atoms with Gasteiger partial charge in [-0.05, 0) is 23.3 Å². The van der Waals surface area contributed by atoms with Crippen LogP contribution >= 0.6 is 11.6 Å². The second-order valence-corrected chi connectivity index (χ2v) is 6.47. The van der Waals surface area contributed by atoms with E-state index in [9.17, 15) is 9.59 Å². The van der Waals surface area contributed by atoms with Crippen molar-refractivity contribution in [1.82, 2.24) is 5.32 Å². The van der Waals surface area contributed by atoms with Gasteiger partial charge in [0.25, 0.3) is 0 Å². The molecule has 4 nitrogen and oxygen atoms in total. The number of halogens is 1. The molecule has 0 saturated carbocycles. The Balaban J connectivity index is 1.95. The van der Waals surface area contributed by atoms with E-state index < -0.39 is 11.5 Å². The number of methoxy groups -OCH3 is 1. The number of hydrogen-bond donors (Lipinski definition) is 1. The maximum Gasteiger partial charge on any atom is 0.332 e. The van der Waals surface area contributed by atoms with E-state index in [2.05, 4.69) is 5.32 Å². The molecule has 128 valence electrons. The normalized spacial score (nSPS) is 21.2. The molecule has 0 aliphatic carbocycles. The summed E-state index contributed by atoms with van der Waals surface area (Å²) in [7, 11) is 1.33. The summed E-state index contributed by atoms with van der Waals surface area (Å²) in [6.45, 7) is 0. The molecule has 1 amide bonds. The Morgan fingerprint density at radius 2 is 1.88 bits per heavy atom. The van der Waals surface area contributed by atoms with Gasteiger partial charge >= 0.3 is 5.97 Å². The summed E-state index contributed by atoms with van der Waals surface area (Å²) in [5, 5.41) is 3.39. The lowest BCUT2D eigenvalue weighted by molar-refractivity contribution is -0.149. The van der Waals surface area contributed by atoms with Crippen LogP contribution in [0.1, 0.15) is 17.5 Å². The Morgan fingerprint density at radius 3 is 2.56 bits per heavy atom. The summed E-state index contributed by atoms with van der Waals surface area (Å²) in [5.74, 6) is -0.728. The summed E-state index contributed by atoms with van der Waals surface area (Å²) < 4.78 is 4.97. The summed E-state index contributed by atoms with van der Waals surface area (Å²) in [6.07, 6.45) is 2.35. The molecular weight excluding hydrogens is 338 g/mol. The van der Waals surface area contributed by atoms with E-state index in [1.54, 1.807) is 12.1 Å². The van der Waals surface area contributed by atoms with Gasteiger partial charge in [0, 0.05) is 23.4 Å². The number of hydrogen-bond acceptors (Lipinski definition) is 3. The fourth-order valence-electron chi connectivity index (χ4n) is 3.09. The Hall–Kier alpha value is -2.59. The number of nitrogens with one attached hydrogen (secondary N) is 1. The van der Waals surface area contributed by atoms with E-state index in [4.69, 9.17) is 16.3 Å². The first kappa shape index (κ1) is 17.2. The molecule has 0 bridgehead atoms. The highest BCUT2D eigenvalue weighted by Crippen LogP contribution is 2.32. The molecule has 1 aliphatic heterocycles. The predicted molar refractivity (Wildman–Crippen MR) is 97.1 cm³/mol. The molecule has 1 atom stereocenters. The number of carbonyl (C=O) groups is 2. The van der Waals surface area contributed by atoms with Crippen LogP contribution in [-0.4, -0.2) is 24.5 Å². The maximum atomic E-state index is 12.5. The summed E-state index contributed by atoms with van der Waals surface area (Å²) in [5.41, 5.74) is 1.11. The van der Waals surface area contributed by atoms with Crippen LogP contribution in [0, 0.1) is 0 Å².